The maximum Gasteiger partial charge on any atom is 0.256 e. The Morgan fingerprint density at radius 2 is 2.14 bits per heavy atom. The minimum absolute atomic E-state index is 0.0903. The normalized spacial score (nSPS) is 22.7. The van der Waals surface area contributed by atoms with Gasteiger partial charge in [-0.2, -0.15) is 0 Å². The maximum atomic E-state index is 13.0. The Morgan fingerprint density at radius 1 is 1.39 bits per heavy atom. The predicted octanol–water partition coefficient (Wildman–Crippen LogP) is 5.46. The third kappa shape index (κ3) is 6.10. The fourth-order valence-electron chi connectivity index (χ4n) is 3.63. The van der Waals surface area contributed by atoms with E-state index in [0.29, 0.717) is 35.6 Å². The fourth-order valence-corrected chi connectivity index (χ4v) is 3.87. The highest BCUT2D eigenvalue weighted by molar-refractivity contribution is 6.32. The molecule has 0 saturated heterocycles. The van der Waals surface area contributed by atoms with Crippen LogP contribution in [0.5, 0.6) is 5.75 Å². The monoisotopic (exact) mass is 411 g/mol. The van der Waals surface area contributed by atoms with Crippen molar-refractivity contribution in [1.29, 1.82) is 0 Å². The van der Waals surface area contributed by atoms with E-state index in [1.807, 2.05) is 26.8 Å². The number of halogens is 1. The third-order valence-corrected chi connectivity index (χ3v) is 5.79. The van der Waals surface area contributed by atoms with Crippen molar-refractivity contribution in [3.8, 4) is 5.75 Å². The molecule has 0 radical (unpaired) electrons. The standard InChI is InChI=1S/C22H34ClNO4/c1-6-28-22(11-7-8-16(2)15-22)20(25)24-17-9-10-19(18(23)14-17)27-13-12-21(3,4)26-5/h9-10,14,16H,6-8,11-13,15H2,1-5H3,(H,24,25)/t16-,22-/m0/s1. The number of benzene rings is 1. The van der Waals surface area contributed by atoms with Crippen LogP contribution < -0.4 is 10.1 Å². The zero-order chi connectivity index (χ0) is 20.8. The average molecular weight is 412 g/mol. The summed E-state index contributed by atoms with van der Waals surface area (Å²) < 4.78 is 17.1. The molecule has 1 aliphatic carbocycles. The minimum atomic E-state index is -0.750. The van der Waals surface area contributed by atoms with Crippen molar-refractivity contribution in [2.24, 2.45) is 5.92 Å². The second-order valence-corrected chi connectivity index (χ2v) is 8.70. The molecule has 158 valence electrons. The summed E-state index contributed by atoms with van der Waals surface area (Å²) in [6.07, 6.45) is 4.38. The van der Waals surface area contributed by atoms with E-state index in [2.05, 4.69) is 12.2 Å². The fraction of sp³-hybridized carbons (Fsp3) is 0.682. The number of carbonyl (C=O) groups excluding carboxylic acids is 1. The van der Waals surface area contributed by atoms with Gasteiger partial charge in [0.05, 0.1) is 17.2 Å². The third-order valence-electron chi connectivity index (χ3n) is 5.49. The van der Waals surface area contributed by atoms with E-state index in [1.165, 1.54) is 0 Å². The summed E-state index contributed by atoms with van der Waals surface area (Å²) in [4.78, 5) is 13.0. The summed E-state index contributed by atoms with van der Waals surface area (Å²) in [5.74, 6) is 0.978. The van der Waals surface area contributed by atoms with Gasteiger partial charge in [0.25, 0.3) is 5.91 Å². The van der Waals surface area contributed by atoms with Gasteiger partial charge in [-0.15, -0.1) is 0 Å². The van der Waals surface area contributed by atoms with Crippen LogP contribution in [0, 0.1) is 5.92 Å². The Labute approximate surface area is 174 Å². The van der Waals surface area contributed by atoms with Crippen LogP contribution in [0.3, 0.4) is 0 Å². The Hall–Kier alpha value is -1.30. The van der Waals surface area contributed by atoms with Gasteiger partial charge in [0, 0.05) is 25.8 Å². The van der Waals surface area contributed by atoms with E-state index in [9.17, 15) is 4.79 Å². The summed E-state index contributed by atoms with van der Waals surface area (Å²) in [6.45, 7) is 9.15. The molecule has 0 spiro atoms. The molecule has 28 heavy (non-hydrogen) atoms. The van der Waals surface area contributed by atoms with Crippen LogP contribution in [0.15, 0.2) is 18.2 Å². The second kappa shape index (κ2) is 9.95. The molecule has 1 N–H and O–H groups in total. The molecule has 1 aliphatic rings. The van der Waals surface area contributed by atoms with Gasteiger partial charge >= 0.3 is 0 Å². The van der Waals surface area contributed by atoms with Crippen LogP contribution in [0.1, 0.15) is 59.8 Å². The Balaban J connectivity index is 2.01. The first kappa shape index (κ1) is 23.0. The van der Waals surface area contributed by atoms with E-state index in [0.717, 1.165) is 32.1 Å². The van der Waals surface area contributed by atoms with Gasteiger partial charge in [-0.25, -0.2) is 0 Å². The van der Waals surface area contributed by atoms with Gasteiger partial charge in [-0.05, 0) is 64.2 Å². The molecule has 1 fully saturated rings. The van der Waals surface area contributed by atoms with Gasteiger partial charge < -0.3 is 19.5 Å². The van der Waals surface area contributed by atoms with Crippen molar-refractivity contribution >= 4 is 23.2 Å². The molecule has 2 rings (SSSR count). The molecule has 0 bridgehead atoms. The Kier molecular flexibility index (Phi) is 8.17. The number of carbonyl (C=O) groups is 1. The number of rotatable bonds is 9. The average Bonchev–Trinajstić information content (AvgIpc) is 2.63. The molecule has 0 aromatic heterocycles. The zero-order valence-corrected chi connectivity index (χ0v) is 18.5. The number of methoxy groups -OCH3 is 1. The summed E-state index contributed by atoms with van der Waals surface area (Å²) >= 11 is 6.36. The van der Waals surface area contributed by atoms with Crippen LogP contribution >= 0.6 is 11.6 Å². The van der Waals surface area contributed by atoms with Crippen molar-refractivity contribution in [1.82, 2.24) is 0 Å². The van der Waals surface area contributed by atoms with E-state index in [4.69, 9.17) is 25.8 Å². The first-order valence-electron chi connectivity index (χ1n) is 10.1. The van der Waals surface area contributed by atoms with Gasteiger partial charge in [-0.1, -0.05) is 24.9 Å². The molecule has 1 aromatic carbocycles. The Bertz CT molecular complexity index is 660. The molecule has 0 heterocycles. The molecule has 1 saturated carbocycles. The number of nitrogens with one attached hydrogen (secondary N) is 1. The molecule has 1 aromatic rings. The number of amides is 1. The molecule has 2 atom stereocenters. The first-order chi connectivity index (χ1) is 13.2. The molecular weight excluding hydrogens is 378 g/mol. The molecule has 0 aliphatic heterocycles. The maximum absolute atomic E-state index is 13.0. The lowest BCUT2D eigenvalue weighted by atomic mass is 9.78. The van der Waals surface area contributed by atoms with Crippen LogP contribution in [-0.4, -0.2) is 37.4 Å². The smallest absolute Gasteiger partial charge is 0.256 e. The molecule has 6 heteroatoms. The summed E-state index contributed by atoms with van der Waals surface area (Å²) in [5, 5.41) is 3.46. The van der Waals surface area contributed by atoms with E-state index in [-0.39, 0.29) is 11.5 Å². The molecular formula is C22H34ClNO4. The van der Waals surface area contributed by atoms with Crippen LogP contribution in [0.2, 0.25) is 5.02 Å². The van der Waals surface area contributed by atoms with E-state index < -0.39 is 5.60 Å². The second-order valence-electron chi connectivity index (χ2n) is 8.29. The van der Waals surface area contributed by atoms with Gasteiger partial charge in [0.15, 0.2) is 0 Å². The highest BCUT2D eigenvalue weighted by Gasteiger charge is 2.42. The predicted molar refractivity (Wildman–Crippen MR) is 113 cm³/mol. The minimum Gasteiger partial charge on any atom is -0.492 e. The summed E-state index contributed by atoms with van der Waals surface area (Å²) in [5.41, 5.74) is -0.345. The highest BCUT2D eigenvalue weighted by Crippen LogP contribution is 2.37. The number of hydrogen-bond acceptors (Lipinski definition) is 4. The van der Waals surface area contributed by atoms with Gasteiger partial charge in [0.1, 0.15) is 11.4 Å². The Morgan fingerprint density at radius 3 is 2.75 bits per heavy atom. The van der Waals surface area contributed by atoms with Gasteiger partial charge in [-0.3, -0.25) is 4.79 Å². The first-order valence-corrected chi connectivity index (χ1v) is 10.5. The summed E-state index contributed by atoms with van der Waals surface area (Å²) in [6, 6.07) is 5.32. The van der Waals surface area contributed by atoms with Crippen molar-refractivity contribution in [2.45, 2.75) is 71.0 Å². The van der Waals surface area contributed by atoms with Crippen molar-refractivity contribution in [3.05, 3.63) is 23.2 Å². The van der Waals surface area contributed by atoms with Crippen molar-refractivity contribution in [2.75, 3.05) is 25.6 Å². The number of ether oxygens (including phenoxy) is 3. The summed E-state index contributed by atoms with van der Waals surface area (Å²) in [7, 11) is 1.69. The van der Waals surface area contributed by atoms with E-state index in [1.54, 1.807) is 19.2 Å². The van der Waals surface area contributed by atoms with Crippen LogP contribution in [-0.2, 0) is 14.3 Å². The van der Waals surface area contributed by atoms with Gasteiger partial charge in [0.2, 0.25) is 0 Å². The molecule has 1 amide bonds. The largest absolute Gasteiger partial charge is 0.492 e. The lowest BCUT2D eigenvalue weighted by molar-refractivity contribution is -0.147. The van der Waals surface area contributed by atoms with Crippen molar-refractivity contribution in [3.63, 3.8) is 0 Å². The lowest BCUT2D eigenvalue weighted by Crippen LogP contribution is -2.48. The zero-order valence-electron chi connectivity index (χ0n) is 17.8. The topological polar surface area (TPSA) is 56.8 Å². The SMILES string of the molecule is CCO[C@@]1(C(=O)Nc2ccc(OCCC(C)(C)OC)c(Cl)c2)CCC[C@H](C)C1. The van der Waals surface area contributed by atoms with Crippen LogP contribution in [0.4, 0.5) is 5.69 Å². The van der Waals surface area contributed by atoms with Crippen molar-refractivity contribution < 1.29 is 19.0 Å². The molecule has 0 unspecified atom stereocenters. The lowest BCUT2D eigenvalue weighted by Gasteiger charge is -2.38. The molecule has 5 nitrogen and oxygen atoms in total. The highest BCUT2D eigenvalue weighted by atomic mass is 35.5. The van der Waals surface area contributed by atoms with E-state index >= 15 is 0 Å². The van der Waals surface area contributed by atoms with Crippen LogP contribution in [0.25, 0.3) is 0 Å². The number of anilines is 1. The quantitative estimate of drug-likeness (QED) is 0.586. The number of hydrogen-bond donors (Lipinski definition) is 1.